The smallest absolute Gasteiger partial charge is 0.303 e. The third-order valence-corrected chi connectivity index (χ3v) is 2.35. The van der Waals surface area contributed by atoms with Crippen molar-refractivity contribution in [2.24, 2.45) is 5.73 Å². The average molecular weight is 228 g/mol. The van der Waals surface area contributed by atoms with E-state index in [0.717, 1.165) is 5.56 Å². The van der Waals surface area contributed by atoms with E-state index in [1.165, 1.54) is 0 Å². The Balaban J connectivity index is 2.44. The summed E-state index contributed by atoms with van der Waals surface area (Å²) in [4.78, 5) is 10.3. The Labute approximate surface area is 93.9 Å². The van der Waals surface area contributed by atoms with Crippen LogP contribution in [0.25, 0.3) is 0 Å². The van der Waals surface area contributed by atoms with Gasteiger partial charge in [0.25, 0.3) is 0 Å². The van der Waals surface area contributed by atoms with Gasteiger partial charge in [0.15, 0.2) is 0 Å². The van der Waals surface area contributed by atoms with Crippen LogP contribution in [0.15, 0.2) is 24.3 Å². The molecule has 1 aromatic rings. The zero-order valence-electron chi connectivity index (χ0n) is 8.32. The molecule has 0 aromatic heterocycles. The first kappa shape index (κ1) is 12.0. The van der Waals surface area contributed by atoms with Gasteiger partial charge in [0.05, 0.1) is 0 Å². The van der Waals surface area contributed by atoms with Crippen molar-refractivity contribution in [3.05, 3.63) is 34.9 Å². The molecule has 3 nitrogen and oxygen atoms in total. The predicted molar refractivity (Wildman–Crippen MR) is 60.0 cm³/mol. The molecular weight excluding hydrogens is 214 g/mol. The highest BCUT2D eigenvalue weighted by molar-refractivity contribution is 6.30. The van der Waals surface area contributed by atoms with Crippen LogP contribution in [0.3, 0.4) is 0 Å². The van der Waals surface area contributed by atoms with E-state index in [-0.39, 0.29) is 12.5 Å². The quantitative estimate of drug-likeness (QED) is 0.810. The molecule has 1 unspecified atom stereocenters. The fourth-order valence-corrected chi connectivity index (χ4v) is 1.59. The maximum atomic E-state index is 10.3. The number of benzene rings is 1. The van der Waals surface area contributed by atoms with Crippen molar-refractivity contribution in [2.75, 3.05) is 0 Å². The number of hydrogen-bond acceptors (Lipinski definition) is 2. The molecule has 82 valence electrons. The molecule has 0 saturated heterocycles. The monoisotopic (exact) mass is 227 g/mol. The first-order chi connectivity index (χ1) is 7.08. The Kier molecular flexibility index (Phi) is 4.59. The summed E-state index contributed by atoms with van der Waals surface area (Å²) in [7, 11) is 0. The molecule has 0 spiro atoms. The highest BCUT2D eigenvalue weighted by Gasteiger charge is 2.06. The molecule has 1 aromatic carbocycles. The van der Waals surface area contributed by atoms with Gasteiger partial charge in [-0.05, 0) is 30.5 Å². The van der Waals surface area contributed by atoms with E-state index in [1.54, 1.807) is 6.07 Å². The molecule has 0 fully saturated rings. The topological polar surface area (TPSA) is 63.3 Å². The number of rotatable bonds is 5. The largest absolute Gasteiger partial charge is 0.481 e. The van der Waals surface area contributed by atoms with Crippen LogP contribution in [-0.2, 0) is 11.2 Å². The lowest BCUT2D eigenvalue weighted by Gasteiger charge is -2.10. The minimum atomic E-state index is -0.809. The third kappa shape index (κ3) is 4.81. The van der Waals surface area contributed by atoms with Crippen molar-refractivity contribution in [3.8, 4) is 0 Å². The van der Waals surface area contributed by atoms with Crippen molar-refractivity contribution in [1.82, 2.24) is 0 Å². The van der Waals surface area contributed by atoms with Gasteiger partial charge in [0.1, 0.15) is 0 Å². The second-order valence-corrected chi connectivity index (χ2v) is 3.96. The van der Waals surface area contributed by atoms with Crippen molar-refractivity contribution >= 4 is 17.6 Å². The van der Waals surface area contributed by atoms with Crippen molar-refractivity contribution in [2.45, 2.75) is 25.3 Å². The minimum Gasteiger partial charge on any atom is -0.481 e. The van der Waals surface area contributed by atoms with Crippen LogP contribution < -0.4 is 5.73 Å². The normalized spacial score (nSPS) is 12.4. The molecule has 1 atom stereocenters. The van der Waals surface area contributed by atoms with Crippen LogP contribution in [0.4, 0.5) is 0 Å². The molecular formula is C11H14ClNO2. The summed E-state index contributed by atoms with van der Waals surface area (Å²) in [6.45, 7) is 0. The summed E-state index contributed by atoms with van der Waals surface area (Å²) >= 11 is 5.82. The molecule has 0 radical (unpaired) electrons. The van der Waals surface area contributed by atoms with Gasteiger partial charge < -0.3 is 10.8 Å². The Morgan fingerprint density at radius 1 is 1.53 bits per heavy atom. The van der Waals surface area contributed by atoms with Crippen LogP contribution in [0.2, 0.25) is 5.02 Å². The van der Waals surface area contributed by atoms with Crippen molar-refractivity contribution in [1.29, 1.82) is 0 Å². The number of aliphatic carboxylic acids is 1. The van der Waals surface area contributed by atoms with Crippen molar-refractivity contribution in [3.63, 3.8) is 0 Å². The van der Waals surface area contributed by atoms with E-state index < -0.39 is 5.97 Å². The van der Waals surface area contributed by atoms with Gasteiger partial charge >= 0.3 is 5.97 Å². The van der Waals surface area contributed by atoms with Gasteiger partial charge in [-0.2, -0.15) is 0 Å². The number of halogens is 1. The zero-order valence-corrected chi connectivity index (χ0v) is 9.07. The first-order valence-corrected chi connectivity index (χ1v) is 5.17. The maximum Gasteiger partial charge on any atom is 0.303 e. The number of carboxylic acids is 1. The highest BCUT2D eigenvalue weighted by Crippen LogP contribution is 2.13. The molecule has 1 rings (SSSR count). The summed E-state index contributed by atoms with van der Waals surface area (Å²) in [5, 5.41) is 9.17. The lowest BCUT2D eigenvalue weighted by molar-refractivity contribution is -0.137. The minimum absolute atomic E-state index is 0.113. The molecule has 0 saturated carbocycles. The number of nitrogens with two attached hydrogens (primary N) is 1. The first-order valence-electron chi connectivity index (χ1n) is 4.80. The van der Waals surface area contributed by atoms with Gasteiger partial charge in [0.2, 0.25) is 0 Å². The van der Waals surface area contributed by atoms with Crippen LogP contribution in [0.1, 0.15) is 18.4 Å². The molecule has 0 aliphatic heterocycles. The molecule has 0 heterocycles. The van der Waals surface area contributed by atoms with E-state index in [9.17, 15) is 4.79 Å². The third-order valence-electron chi connectivity index (χ3n) is 2.12. The van der Waals surface area contributed by atoms with Gasteiger partial charge in [-0.25, -0.2) is 0 Å². The summed E-state index contributed by atoms with van der Waals surface area (Å²) < 4.78 is 0. The van der Waals surface area contributed by atoms with E-state index in [1.807, 2.05) is 18.2 Å². The fraction of sp³-hybridized carbons (Fsp3) is 0.364. The summed E-state index contributed by atoms with van der Waals surface area (Å²) in [6, 6.07) is 7.32. The van der Waals surface area contributed by atoms with Crippen LogP contribution in [0, 0.1) is 0 Å². The van der Waals surface area contributed by atoms with E-state index >= 15 is 0 Å². The predicted octanol–water partition coefficient (Wildman–Crippen LogP) is 2.07. The van der Waals surface area contributed by atoms with E-state index in [2.05, 4.69) is 0 Å². The number of carboxylic acid groups (broad SMARTS) is 1. The zero-order chi connectivity index (χ0) is 11.3. The highest BCUT2D eigenvalue weighted by atomic mass is 35.5. The second-order valence-electron chi connectivity index (χ2n) is 3.53. The van der Waals surface area contributed by atoms with E-state index in [4.69, 9.17) is 22.4 Å². The van der Waals surface area contributed by atoms with Crippen molar-refractivity contribution < 1.29 is 9.90 Å². The second kappa shape index (κ2) is 5.73. The van der Waals surface area contributed by atoms with E-state index in [0.29, 0.717) is 17.9 Å². The van der Waals surface area contributed by atoms with Gasteiger partial charge in [-0.1, -0.05) is 23.7 Å². The Morgan fingerprint density at radius 2 is 2.27 bits per heavy atom. The molecule has 0 aliphatic carbocycles. The van der Waals surface area contributed by atoms with Crippen LogP contribution in [-0.4, -0.2) is 17.1 Å². The SMILES string of the molecule is NC(CCC(=O)O)Cc1cccc(Cl)c1. The number of carbonyl (C=O) groups is 1. The Bertz CT molecular complexity index is 341. The Morgan fingerprint density at radius 3 is 2.87 bits per heavy atom. The molecule has 15 heavy (non-hydrogen) atoms. The molecule has 0 bridgehead atoms. The van der Waals surface area contributed by atoms with Gasteiger partial charge in [-0.3, -0.25) is 4.79 Å². The fourth-order valence-electron chi connectivity index (χ4n) is 1.38. The maximum absolute atomic E-state index is 10.3. The van der Waals surface area contributed by atoms with Gasteiger partial charge in [-0.15, -0.1) is 0 Å². The summed E-state index contributed by atoms with van der Waals surface area (Å²) in [6.07, 6.45) is 1.26. The van der Waals surface area contributed by atoms with Crippen LogP contribution in [0.5, 0.6) is 0 Å². The molecule has 4 heteroatoms. The summed E-state index contributed by atoms with van der Waals surface area (Å²) in [5.41, 5.74) is 6.84. The summed E-state index contributed by atoms with van der Waals surface area (Å²) in [5.74, 6) is -0.809. The van der Waals surface area contributed by atoms with Crippen LogP contribution >= 0.6 is 11.6 Å². The lowest BCUT2D eigenvalue weighted by Crippen LogP contribution is -2.23. The molecule has 0 aliphatic rings. The molecule has 3 N–H and O–H groups in total. The number of hydrogen-bond donors (Lipinski definition) is 2. The average Bonchev–Trinajstić information content (AvgIpc) is 2.15. The molecule has 0 amide bonds. The Hall–Kier alpha value is -1.06. The lowest BCUT2D eigenvalue weighted by atomic mass is 10.0. The van der Waals surface area contributed by atoms with Gasteiger partial charge in [0, 0.05) is 17.5 Å². The standard InChI is InChI=1S/C11H14ClNO2/c12-9-3-1-2-8(6-9)7-10(13)4-5-11(14)15/h1-3,6,10H,4-5,7,13H2,(H,14,15).